The minimum Gasteiger partial charge on any atom is -0.480 e. The van der Waals surface area contributed by atoms with Gasteiger partial charge in [-0.3, -0.25) is 18.9 Å². The number of aromatic nitrogens is 6. The van der Waals surface area contributed by atoms with Crippen LogP contribution in [0.1, 0.15) is 17.7 Å². The summed E-state index contributed by atoms with van der Waals surface area (Å²) in [7, 11) is 4.52. The van der Waals surface area contributed by atoms with Gasteiger partial charge in [0.15, 0.2) is 5.65 Å². The van der Waals surface area contributed by atoms with E-state index < -0.39 is 17.4 Å². The lowest BCUT2D eigenvalue weighted by Crippen LogP contribution is -2.46. The van der Waals surface area contributed by atoms with Crippen LogP contribution in [0.15, 0.2) is 58.5 Å². The first-order valence-electron chi connectivity index (χ1n) is 14.6. The lowest BCUT2D eigenvalue weighted by molar-refractivity contribution is -0.0281. The van der Waals surface area contributed by atoms with Crippen molar-refractivity contribution in [1.82, 2.24) is 34.4 Å². The fourth-order valence-corrected chi connectivity index (χ4v) is 5.95. The van der Waals surface area contributed by atoms with Gasteiger partial charge in [-0.15, -0.1) is 0 Å². The number of hydrogen-bond acceptors (Lipinski definition) is 11. The Balaban J connectivity index is 1.32. The molecule has 1 fully saturated rings. The Morgan fingerprint density at radius 3 is 2.61 bits per heavy atom. The number of anilines is 2. The van der Waals surface area contributed by atoms with Gasteiger partial charge >= 0.3 is 5.69 Å². The Labute approximate surface area is 268 Å². The molecule has 0 radical (unpaired) electrons. The van der Waals surface area contributed by atoms with E-state index in [2.05, 4.69) is 25.6 Å². The molecule has 2 aromatic carbocycles. The van der Waals surface area contributed by atoms with E-state index in [1.54, 1.807) is 13.2 Å². The second-order valence-corrected chi connectivity index (χ2v) is 11.4. The maximum absolute atomic E-state index is 13.1. The maximum Gasteiger partial charge on any atom is 0.332 e. The molecule has 13 nitrogen and oxygen atoms in total. The molecule has 0 aliphatic carbocycles. The second-order valence-electron chi connectivity index (χ2n) is 11.0. The molecule has 1 saturated heterocycles. The number of benzene rings is 2. The quantitative estimate of drug-likeness (QED) is 0.228. The second kappa shape index (κ2) is 13.0. The highest BCUT2D eigenvalue weighted by molar-refractivity contribution is 6.36. The lowest BCUT2D eigenvalue weighted by Gasteiger charge is -2.28. The van der Waals surface area contributed by atoms with Crippen molar-refractivity contribution in [2.75, 3.05) is 25.6 Å². The average molecular weight is 645 g/mol. The molecular formula is C32H33ClN8O5. The fraction of sp³-hybridized carbons (Fsp3) is 0.312. The molecule has 2 unspecified atom stereocenters. The van der Waals surface area contributed by atoms with Crippen LogP contribution in [0.4, 0.5) is 11.5 Å². The fourth-order valence-electron chi connectivity index (χ4n) is 5.62. The van der Waals surface area contributed by atoms with Crippen LogP contribution in [0.3, 0.4) is 0 Å². The smallest absolute Gasteiger partial charge is 0.332 e. The number of methoxy groups -OCH3 is 1. The molecule has 46 heavy (non-hydrogen) atoms. The minimum absolute atomic E-state index is 0.105. The number of aryl methyl sites for hydroxylation is 1. The molecule has 2 atom stereocenters. The molecule has 6 rings (SSSR count). The van der Waals surface area contributed by atoms with Crippen molar-refractivity contribution in [1.29, 1.82) is 0 Å². The number of ether oxygens (including phenoxy) is 2. The van der Waals surface area contributed by atoms with Crippen molar-refractivity contribution >= 4 is 34.1 Å². The largest absolute Gasteiger partial charge is 0.480 e. The van der Waals surface area contributed by atoms with Crippen LogP contribution in [0.2, 0.25) is 5.02 Å². The molecule has 1 aliphatic heterocycles. The van der Waals surface area contributed by atoms with E-state index in [-0.39, 0.29) is 22.9 Å². The van der Waals surface area contributed by atoms with E-state index in [1.807, 2.05) is 43.3 Å². The predicted octanol–water partition coefficient (Wildman–Crippen LogP) is 3.10. The summed E-state index contributed by atoms with van der Waals surface area (Å²) in [4.78, 5) is 43.3. The molecule has 0 saturated carbocycles. The maximum atomic E-state index is 13.1. The van der Waals surface area contributed by atoms with Crippen molar-refractivity contribution in [3.63, 3.8) is 0 Å². The summed E-state index contributed by atoms with van der Waals surface area (Å²) in [6.45, 7) is 3.20. The van der Waals surface area contributed by atoms with Gasteiger partial charge in [0.25, 0.3) is 5.56 Å². The van der Waals surface area contributed by atoms with Gasteiger partial charge in [0.05, 0.1) is 36.7 Å². The van der Waals surface area contributed by atoms with Crippen LogP contribution in [-0.2, 0) is 25.4 Å². The first kappa shape index (κ1) is 31.3. The number of nitrogens with one attached hydrogen (secondary N) is 2. The van der Waals surface area contributed by atoms with Crippen molar-refractivity contribution in [2.45, 2.75) is 32.0 Å². The van der Waals surface area contributed by atoms with Crippen molar-refractivity contribution in [2.24, 2.45) is 14.1 Å². The predicted molar refractivity (Wildman–Crippen MR) is 175 cm³/mol. The third kappa shape index (κ3) is 5.73. The third-order valence-corrected chi connectivity index (χ3v) is 8.66. The van der Waals surface area contributed by atoms with Crippen LogP contribution < -0.4 is 26.6 Å². The molecule has 238 valence electrons. The van der Waals surface area contributed by atoms with E-state index in [0.29, 0.717) is 59.7 Å². The standard InChI is InChI=1S/C32H33ClN8O5/c1-17-18(7-6-10-21(17)38-28-26-29(37-16-36-28)40(2)32(44)41(3)31(26)43)19-8-5-9-20(27(19)33)23-13-35-24(30(39-23)45-4)14-34-22-11-12-46-15-25(22)42/h5-10,13,16,22,25,34,42H,11-12,14-15H2,1-4H3,(H,36,37,38). The first-order chi connectivity index (χ1) is 22.2. The molecule has 5 aromatic rings. The zero-order chi connectivity index (χ0) is 32.5. The SMILES string of the molecule is COc1nc(-c2cccc(-c3cccc(Nc4ncnc5c4c(=O)n(C)c(=O)n5C)c3C)c2Cl)cnc1CNC1CCOCC1O. The average Bonchev–Trinajstić information content (AvgIpc) is 3.07. The normalized spacial score (nSPS) is 16.5. The summed E-state index contributed by atoms with van der Waals surface area (Å²) in [5.41, 5.74) is 4.26. The third-order valence-electron chi connectivity index (χ3n) is 8.25. The van der Waals surface area contributed by atoms with Crippen LogP contribution in [0, 0.1) is 6.92 Å². The van der Waals surface area contributed by atoms with Gasteiger partial charge in [-0.1, -0.05) is 41.9 Å². The number of rotatable bonds is 8. The molecule has 14 heteroatoms. The van der Waals surface area contributed by atoms with E-state index >= 15 is 0 Å². The minimum atomic E-state index is -0.589. The Hall–Kier alpha value is -4.69. The zero-order valence-corrected chi connectivity index (χ0v) is 26.5. The number of nitrogens with zero attached hydrogens (tertiary/aromatic N) is 6. The van der Waals surface area contributed by atoms with Crippen LogP contribution in [0.25, 0.3) is 33.4 Å². The van der Waals surface area contributed by atoms with Crippen LogP contribution in [0.5, 0.6) is 5.88 Å². The van der Waals surface area contributed by atoms with E-state index in [0.717, 1.165) is 21.3 Å². The van der Waals surface area contributed by atoms with Gasteiger partial charge in [0, 0.05) is 50.1 Å². The topological polar surface area (TPSA) is 158 Å². The number of aliphatic hydroxyl groups is 1. The summed E-state index contributed by atoms with van der Waals surface area (Å²) in [6.07, 6.45) is 3.08. The van der Waals surface area contributed by atoms with E-state index in [1.165, 1.54) is 25.1 Å². The van der Waals surface area contributed by atoms with Gasteiger partial charge in [0.2, 0.25) is 5.88 Å². The lowest BCUT2D eigenvalue weighted by atomic mass is 9.96. The van der Waals surface area contributed by atoms with Gasteiger partial charge < -0.3 is 25.2 Å². The van der Waals surface area contributed by atoms with Crippen molar-refractivity contribution < 1.29 is 14.6 Å². The van der Waals surface area contributed by atoms with E-state index in [9.17, 15) is 14.7 Å². The summed E-state index contributed by atoms with van der Waals surface area (Å²) in [5, 5.41) is 17.5. The molecule has 3 aromatic heterocycles. The Kier molecular flexibility index (Phi) is 8.82. The van der Waals surface area contributed by atoms with Gasteiger partial charge in [-0.05, 0) is 30.5 Å². The summed E-state index contributed by atoms with van der Waals surface area (Å²) >= 11 is 7.05. The summed E-state index contributed by atoms with van der Waals surface area (Å²) in [6, 6.07) is 11.3. The Morgan fingerprint density at radius 1 is 1.07 bits per heavy atom. The van der Waals surface area contributed by atoms with Crippen LogP contribution in [-0.4, -0.2) is 66.6 Å². The highest BCUT2D eigenvalue weighted by Crippen LogP contribution is 2.39. The van der Waals surface area contributed by atoms with Crippen molar-refractivity contribution in [3.05, 3.63) is 86.0 Å². The summed E-state index contributed by atoms with van der Waals surface area (Å²) in [5.74, 6) is 0.640. The highest BCUT2D eigenvalue weighted by atomic mass is 35.5. The molecule has 1 aliphatic rings. The number of fused-ring (bicyclic) bond motifs is 1. The molecular weight excluding hydrogens is 612 g/mol. The Bertz CT molecular complexity index is 2060. The Morgan fingerprint density at radius 2 is 1.83 bits per heavy atom. The molecule has 0 bridgehead atoms. The molecule has 0 amide bonds. The van der Waals surface area contributed by atoms with Gasteiger partial charge in [-0.2, -0.15) is 0 Å². The molecule has 4 heterocycles. The molecule has 3 N–H and O–H groups in total. The first-order valence-corrected chi connectivity index (χ1v) is 15.0. The van der Waals surface area contributed by atoms with Crippen LogP contribution >= 0.6 is 11.6 Å². The van der Waals surface area contributed by atoms with Gasteiger partial charge in [-0.25, -0.2) is 19.7 Å². The summed E-state index contributed by atoms with van der Waals surface area (Å²) < 4.78 is 13.2. The monoisotopic (exact) mass is 644 g/mol. The molecule has 0 spiro atoms. The highest BCUT2D eigenvalue weighted by Gasteiger charge is 2.24. The number of halogens is 1. The number of hydrogen-bond donors (Lipinski definition) is 3. The van der Waals surface area contributed by atoms with E-state index in [4.69, 9.17) is 26.1 Å². The zero-order valence-electron chi connectivity index (χ0n) is 25.7. The van der Waals surface area contributed by atoms with Crippen molar-refractivity contribution in [3.8, 4) is 28.3 Å². The number of aliphatic hydroxyl groups excluding tert-OH is 1. The van der Waals surface area contributed by atoms with Gasteiger partial charge in [0.1, 0.15) is 23.2 Å².